The van der Waals surface area contributed by atoms with Crippen LogP contribution in [0.4, 0.5) is 11.4 Å². The van der Waals surface area contributed by atoms with Gasteiger partial charge in [0.25, 0.3) is 11.6 Å². The van der Waals surface area contributed by atoms with E-state index in [0.29, 0.717) is 0 Å². The maximum Gasteiger partial charge on any atom is 0.340 e. The summed E-state index contributed by atoms with van der Waals surface area (Å²) < 4.78 is 21.8. The number of carbonyl (C=O) groups is 2. The molecule has 0 aliphatic heterocycles. The van der Waals surface area contributed by atoms with Crippen LogP contribution in [0.3, 0.4) is 0 Å². The Hall–Kier alpha value is -3.27. The summed E-state index contributed by atoms with van der Waals surface area (Å²) in [6, 6.07) is 10.1. The molecule has 0 aromatic heterocycles. The Morgan fingerprint density at radius 1 is 1.21 bits per heavy atom. The van der Waals surface area contributed by atoms with Gasteiger partial charge in [-0.15, -0.1) is 0 Å². The summed E-state index contributed by atoms with van der Waals surface area (Å²) in [6.07, 6.45) is 0.179. The Balaban J connectivity index is 2.15. The van der Waals surface area contributed by atoms with Crippen molar-refractivity contribution >= 4 is 34.1 Å². The monoisotopic (exact) mass is 406 g/mol. The Morgan fingerprint density at radius 3 is 2.50 bits per heavy atom. The second-order valence-corrected chi connectivity index (χ2v) is 6.98. The summed E-state index contributed by atoms with van der Waals surface area (Å²) in [7, 11) is -0.0568. The number of methoxy groups -OCH3 is 1. The lowest BCUT2D eigenvalue weighted by molar-refractivity contribution is -0.384. The molecule has 1 N–H and O–H groups in total. The molecule has 2 atom stereocenters. The molecule has 0 unspecified atom stereocenters. The molecule has 0 saturated heterocycles. The van der Waals surface area contributed by atoms with Gasteiger partial charge in [0.2, 0.25) is 0 Å². The lowest BCUT2D eigenvalue weighted by Gasteiger charge is -2.15. The minimum Gasteiger partial charge on any atom is -0.496 e. The predicted octanol–water partition coefficient (Wildman–Crippen LogP) is 2.52. The Bertz CT molecular complexity index is 945. The van der Waals surface area contributed by atoms with Gasteiger partial charge in [0.1, 0.15) is 11.4 Å². The van der Waals surface area contributed by atoms with Crippen molar-refractivity contribution in [1.82, 2.24) is 0 Å². The van der Waals surface area contributed by atoms with Crippen molar-refractivity contribution in [2.45, 2.75) is 17.9 Å². The van der Waals surface area contributed by atoms with Crippen molar-refractivity contribution in [3.8, 4) is 5.75 Å². The summed E-state index contributed by atoms with van der Waals surface area (Å²) in [6.45, 7) is 1.33. The molecular formula is C18H18N2O7S. The molecule has 0 bridgehead atoms. The van der Waals surface area contributed by atoms with Gasteiger partial charge in [-0.3, -0.25) is 19.1 Å². The van der Waals surface area contributed by atoms with Crippen LogP contribution in [0.5, 0.6) is 5.75 Å². The number of nitrogens with zero attached hydrogens (tertiary/aromatic N) is 1. The zero-order chi connectivity index (χ0) is 20.8. The number of ether oxygens (including phenoxy) is 2. The number of hydrogen-bond donors (Lipinski definition) is 1. The third-order valence-electron chi connectivity index (χ3n) is 3.73. The molecule has 0 aliphatic rings. The number of nitro benzene ring substituents is 1. The van der Waals surface area contributed by atoms with Gasteiger partial charge in [-0.05, 0) is 31.2 Å². The molecule has 2 aromatic carbocycles. The van der Waals surface area contributed by atoms with Crippen LogP contribution in [0.25, 0.3) is 0 Å². The molecule has 9 nitrogen and oxygen atoms in total. The molecule has 2 rings (SSSR count). The van der Waals surface area contributed by atoms with E-state index >= 15 is 0 Å². The Morgan fingerprint density at radius 2 is 1.89 bits per heavy atom. The van der Waals surface area contributed by atoms with Crippen LogP contribution in [-0.2, 0) is 20.3 Å². The summed E-state index contributed by atoms with van der Waals surface area (Å²) in [5.41, 5.74) is -0.342. The normalized spacial score (nSPS) is 12.5. The van der Waals surface area contributed by atoms with Crippen molar-refractivity contribution in [3.05, 3.63) is 58.1 Å². The number of esters is 1. The van der Waals surface area contributed by atoms with Crippen molar-refractivity contribution in [1.29, 1.82) is 0 Å². The van der Waals surface area contributed by atoms with Gasteiger partial charge in [-0.25, -0.2) is 4.79 Å². The number of nitro groups is 1. The van der Waals surface area contributed by atoms with Crippen molar-refractivity contribution in [2.75, 3.05) is 18.7 Å². The molecule has 2 aromatic rings. The number of anilines is 1. The third kappa shape index (κ3) is 4.92. The van der Waals surface area contributed by atoms with Crippen molar-refractivity contribution in [2.24, 2.45) is 0 Å². The molecule has 0 saturated carbocycles. The lowest BCUT2D eigenvalue weighted by Crippen LogP contribution is -2.30. The molecule has 0 radical (unpaired) electrons. The zero-order valence-electron chi connectivity index (χ0n) is 15.3. The van der Waals surface area contributed by atoms with Gasteiger partial charge in [-0.2, -0.15) is 0 Å². The van der Waals surface area contributed by atoms with E-state index in [1.54, 1.807) is 12.1 Å². The molecule has 0 fully saturated rings. The van der Waals surface area contributed by atoms with Crippen molar-refractivity contribution in [3.63, 3.8) is 0 Å². The number of amides is 1. The molecule has 10 heteroatoms. The van der Waals surface area contributed by atoms with Crippen LogP contribution in [0.15, 0.2) is 47.4 Å². The highest BCUT2D eigenvalue weighted by Crippen LogP contribution is 2.29. The van der Waals surface area contributed by atoms with E-state index in [1.165, 1.54) is 50.6 Å². The quantitative estimate of drug-likeness (QED) is 0.425. The van der Waals surface area contributed by atoms with Crippen LogP contribution < -0.4 is 10.1 Å². The number of nitrogens with one attached hydrogen (secondary N) is 1. The molecule has 0 aliphatic carbocycles. The zero-order valence-corrected chi connectivity index (χ0v) is 16.1. The first-order chi connectivity index (χ1) is 13.2. The highest BCUT2D eigenvalue weighted by molar-refractivity contribution is 7.84. The van der Waals surface area contributed by atoms with Crippen molar-refractivity contribution < 1.29 is 28.2 Å². The first kappa shape index (κ1) is 21.0. The van der Waals surface area contributed by atoms with Gasteiger partial charge in [-0.1, -0.05) is 12.1 Å². The smallest absolute Gasteiger partial charge is 0.340 e. The molecule has 148 valence electrons. The summed E-state index contributed by atoms with van der Waals surface area (Å²) in [5, 5.41) is 13.6. The first-order valence-corrected chi connectivity index (χ1v) is 9.57. The summed E-state index contributed by atoms with van der Waals surface area (Å²) in [4.78, 5) is 35.5. The molecule has 1 amide bonds. The third-order valence-corrected chi connectivity index (χ3v) is 4.70. The average Bonchev–Trinajstić information content (AvgIpc) is 2.67. The van der Waals surface area contributed by atoms with Crippen LogP contribution in [0.1, 0.15) is 17.3 Å². The van der Waals surface area contributed by atoms with E-state index in [2.05, 4.69) is 5.32 Å². The van der Waals surface area contributed by atoms with E-state index < -0.39 is 33.7 Å². The van der Waals surface area contributed by atoms with Gasteiger partial charge >= 0.3 is 5.97 Å². The lowest BCUT2D eigenvalue weighted by atomic mass is 10.2. The first-order valence-electron chi connectivity index (χ1n) is 8.01. The fourth-order valence-electron chi connectivity index (χ4n) is 2.29. The van der Waals surface area contributed by atoms with Gasteiger partial charge < -0.3 is 14.8 Å². The van der Waals surface area contributed by atoms with Crippen LogP contribution in [-0.4, -0.2) is 40.5 Å². The number of rotatable bonds is 7. The molecule has 28 heavy (non-hydrogen) atoms. The largest absolute Gasteiger partial charge is 0.496 e. The summed E-state index contributed by atoms with van der Waals surface area (Å²) in [5.74, 6) is -1.32. The Kier molecular flexibility index (Phi) is 6.83. The van der Waals surface area contributed by atoms with Crippen LogP contribution >= 0.6 is 0 Å². The minimum absolute atomic E-state index is 0.0613. The standard InChI is InChI=1S/C18H18N2O7S/c1-11(27-18(22)13-6-4-5-7-16(13)28(3)25)17(21)19-14-9-8-12(26-2)10-15(14)20(23)24/h4-11H,1-3H3,(H,19,21)/t11-,28-/m1/s1. The SMILES string of the molecule is COc1ccc(NC(=O)[C@@H](C)OC(=O)c2ccccc2[S@@](C)=O)c([N+](=O)[O-])c1. The summed E-state index contributed by atoms with van der Waals surface area (Å²) >= 11 is 0. The van der Waals surface area contributed by atoms with E-state index in [-0.39, 0.29) is 27.6 Å². The van der Waals surface area contributed by atoms with Gasteiger partial charge in [0.15, 0.2) is 6.10 Å². The second-order valence-electron chi connectivity index (χ2n) is 5.63. The predicted molar refractivity (Wildman–Crippen MR) is 102 cm³/mol. The Labute approximate surface area is 163 Å². The fraction of sp³-hybridized carbons (Fsp3) is 0.222. The van der Waals surface area contributed by atoms with Gasteiger partial charge in [0, 0.05) is 6.26 Å². The average molecular weight is 406 g/mol. The topological polar surface area (TPSA) is 125 Å². The molecule has 0 spiro atoms. The highest BCUT2D eigenvalue weighted by atomic mass is 32.2. The number of carbonyl (C=O) groups excluding carboxylic acids is 2. The highest BCUT2D eigenvalue weighted by Gasteiger charge is 2.24. The minimum atomic E-state index is -1.42. The van der Waals surface area contributed by atoms with E-state index in [9.17, 15) is 23.9 Å². The second kappa shape index (κ2) is 9.09. The van der Waals surface area contributed by atoms with Crippen LogP contribution in [0, 0.1) is 10.1 Å². The van der Waals surface area contributed by atoms with E-state index in [4.69, 9.17) is 9.47 Å². The van der Waals surface area contributed by atoms with Crippen LogP contribution in [0.2, 0.25) is 0 Å². The molecule has 0 heterocycles. The maximum atomic E-state index is 12.3. The van der Waals surface area contributed by atoms with E-state index in [0.717, 1.165) is 0 Å². The maximum absolute atomic E-state index is 12.3. The number of hydrogen-bond acceptors (Lipinski definition) is 7. The van der Waals surface area contributed by atoms with Gasteiger partial charge in [0.05, 0.1) is 39.4 Å². The molecular weight excluding hydrogens is 388 g/mol. The van der Waals surface area contributed by atoms with E-state index in [1.807, 2.05) is 0 Å². The number of benzene rings is 2. The fourth-order valence-corrected chi connectivity index (χ4v) is 3.02.